The first-order valence-electron chi connectivity index (χ1n) is 6.13. The molecule has 98 valence electrons. The molecule has 1 aliphatic rings. The fourth-order valence-corrected chi connectivity index (χ4v) is 2.07. The third kappa shape index (κ3) is 2.45. The van der Waals surface area contributed by atoms with Gasteiger partial charge in [-0.3, -0.25) is 9.48 Å². The van der Waals surface area contributed by atoms with Crippen LogP contribution in [0.2, 0.25) is 0 Å². The summed E-state index contributed by atoms with van der Waals surface area (Å²) in [6.07, 6.45) is 3.89. The van der Waals surface area contributed by atoms with Crippen LogP contribution in [0, 0.1) is 0 Å². The van der Waals surface area contributed by atoms with Crippen LogP contribution in [0.5, 0.6) is 11.5 Å². The highest BCUT2D eigenvalue weighted by Gasteiger charge is 2.15. The van der Waals surface area contributed by atoms with E-state index < -0.39 is 0 Å². The topological polar surface area (TPSA) is 53.4 Å². The number of aryl methyl sites for hydroxylation is 1. The lowest BCUT2D eigenvalue weighted by Crippen LogP contribution is -2.16. The Morgan fingerprint density at radius 2 is 2.11 bits per heavy atom. The standard InChI is InChI=1S/C14H14N2O3/c1-16-9-10(8-15-16)6-12(17)11-2-3-13-14(7-11)19-5-4-18-13/h2-3,7-9H,4-6H2,1H3. The van der Waals surface area contributed by atoms with Gasteiger partial charge >= 0.3 is 0 Å². The van der Waals surface area contributed by atoms with E-state index in [4.69, 9.17) is 9.47 Å². The van der Waals surface area contributed by atoms with Gasteiger partial charge in [0.05, 0.1) is 6.20 Å². The number of hydrogen-bond acceptors (Lipinski definition) is 4. The number of aromatic nitrogens is 2. The third-order valence-corrected chi connectivity index (χ3v) is 2.99. The Morgan fingerprint density at radius 1 is 1.32 bits per heavy atom. The average Bonchev–Trinajstić information content (AvgIpc) is 2.83. The summed E-state index contributed by atoms with van der Waals surface area (Å²) < 4.78 is 12.6. The van der Waals surface area contributed by atoms with Crippen molar-refractivity contribution in [3.8, 4) is 11.5 Å². The van der Waals surface area contributed by atoms with Crippen LogP contribution in [0.3, 0.4) is 0 Å². The minimum absolute atomic E-state index is 0.0463. The van der Waals surface area contributed by atoms with Crippen LogP contribution in [-0.2, 0) is 13.5 Å². The van der Waals surface area contributed by atoms with Gasteiger partial charge < -0.3 is 9.47 Å². The highest BCUT2D eigenvalue weighted by molar-refractivity contribution is 5.98. The van der Waals surface area contributed by atoms with E-state index in [2.05, 4.69) is 5.10 Å². The summed E-state index contributed by atoms with van der Waals surface area (Å²) in [6, 6.07) is 5.30. The van der Waals surface area contributed by atoms with Gasteiger partial charge in [0.2, 0.25) is 0 Å². The Hall–Kier alpha value is -2.30. The number of benzene rings is 1. The van der Waals surface area contributed by atoms with Gasteiger partial charge in [-0.1, -0.05) is 0 Å². The van der Waals surface area contributed by atoms with Crippen molar-refractivity contribution < 1.29 is 14.3 Å². The summed E-state index contributed by atoms with van der Waals surface area (Å²) in [6.45, 7) is 1.07. The van der Waals surface area contributed by atoms with E-state index in [-0.39, 0.29) is 5.78 Å². The molecule has 0 fully saturated rings. The van der Waals surface area contributed by atoms with Crippen LogP contribution >= 0.6 is 0 Å². The highest BCUT2D eigenvalue weighted by atomic mass is 16.6. The second kappa shape index (κ2) is 4.76. The van der Waals surface area contributed by atoms with Crippen LogP contribution in [0.25, 0.3) is 0 Å². The molecule has 0 saturated carbocycles. The zero-order valence-corrected chi connectivity index (χ0v) is 10.6. The van der Waals surface area contributed by atoms with Gasteiger partial charge in [0.15, 0.2) is 17.3 Å². The van der Waals surface area contributed by atoms with Crippen molar-refractivity contribution in [3.63, 3.8) is 0 Å². The number of ketones is 1. The SMILES string of the molecule is Cn1cc(CC(=O)c2ccc3c(c2)OCCO3)cn1. The number of carbonyl (C=O) groups is 1. The Kier molecular flexibility index (Phi) is 2.95. The maximum absolute atomic E-state index is 12.2. The van der Waals surface area contributed by atoms with E-state index in [0.29, 0.717) is 36.7 Å². The third-order valence-electron chi connectivity index (χ3n) is 2.99. The molecule has 5 heteroatoms. The molecule has 1 aromatic carbocycles. The quantitative estimate of drug-likeness (QED) is 0.785. The summed E-state index contributed by atoms with van der Waals surface area (Å²) >= 11 is 0. The number of hydrogen-bond donors (Lipinski definition) is 0. The van der Waals surface area contributed by atoms with Crippen molar-refractivity contribution in [1.82, 2.24) is 9.78 Å². The normalized spacial score (nSPS) is 13.3. The predicted molar refractivity (Wildman–Crippen MR) is 68.7 cm³/mol. The van der Waals surface area contributed by atoms with Crippen LogP contribution in [0.15, 0.2) is 30.6 Å². The maximum atomic E-state index is 12.2. The van der Waals surface area contributed by atoms with Crippen molar-refractivity contribution in [2.24, 2.45) is 7.05 Å². The molecule has 1 aliphatic heterocycles. The van der Waals surface area contributed by atoms with Gasteiger partial charge in [0, 0.05) is 25.2 Å². The van der Waals surface area contributed by atoms with Crippen LogP contribution < -0.4 is 9.47 Å². The molecule has 0 unspecified atom stereocenters. The van der Waals surface area contributed by atoms with Crippen LogP contribution in [-0.4, -0.2) is 28.8 Å². The first-order valence-corrected chi connectivity index (χ1v) is 6.13. The molecule has 19 heavy (non-hydrogen) atoms. The van der Waals surface area contributed by atoms with Crippen molar-refractivity contribution in [2.75, 3.05) is 13.2 Å². The number of nitrogens with zero attached hydrogens (tertiary/aromatic N) is 2. The molecule has 0 bridgehead atoms. The lowest BCUT2D eigenvalue weighted by Gasteiger charge is -2.18. The monoisotopic (exact) mass is 258 g/mol. The Bertz CT molecular complexity index is 619. The van der Waals surface area contributed by atoms with Gasteiger partial charge in [0.1, 0.15) is 13.2 Å². The van der Waals surface area contributed by atoms with Gasteiger partial charge in [-0.25, -0.2) is 0 Å². The Labute approximate surface area is 110 Å². The minimum atomic E-state index is 0.0463. The molecule has 5 nitrogen and oxygen atoms in total. The van der Waals surface area contributed by atoms with Gasteiger partial charge in [-0.05, 0) is 23.8 Å². The second-order valence-corrected chi connectivity index (χ2v) is 4.48. The Morgan fingerprint density at radius 3 is 2.84 bits per heavy atom. The lowest BCUT2D eigenvalue weighted by atomic mass is 10.0. The predicted octanol–water partition coefficient (Wildman–Crippen LogP) is 1.62. The second-order valence-electron chi connectivity index (χ2n) is 4.48. The molecular weight excluding hydrogens is 244 g/mol. The lowest BCUT2D eigenvalue weighted by molar-refractivity contribution is 0.0991. The van der Waals surface area contributed by atoms with Crippen molar-refractivity contribution in [2.45, 2.75) is 6.42 Å². The molecular formula is C14H14N2O3. The van der Waals surface area contributed by atoms with Crippen molar-refractivity contribution in [1.29, 1.82) is 0 Å². The number of carbonyl (C=O) groups excluding carboxylic acids is 1. The molecule has 2 heterocycles. The van der Waals surface area contributed by atoms with Crippen LogP contribution in [0.1, 0.15) is 15.9 Å². The van der Waals surface area contributed by atoms with Crippen molar-refractivity contribution in [3.05, 3.63) is 41.7 Å². The summed E-state index contributed by atoms with van der Waals surface area (Å²) in [7, 11) is 1.83. The molecule has 0 N–H and O–H groups in total. The average molecular weight is 258 g/mol. The van der Waals surface area contributed by atoms with E-state index in [1.165, 1.54) is 0 Å². The zero-order valence-electron chi connectivity index (χ0n) is 10.6. The minimum Gasteiger partial charge on any atom is -0.486 e. The van der Waals surface area contributed by atoms with Gasteiger partial charge in [-0.2, -0.15) is 5.10 Å². The fourth-order valence-electron chi connectivity index (χ4n) is 2.07. The summed E-state index contributed by atoms with van der Waals surface area (Å²) in [4.78, 5) is 12.2. The molecule has 0 aliphatic carbocycles. The van der Waals surface area contributed by atoms with E-state index in [9.17, 15) is 4.79 Å². The molecule has 0 amide bonds. The molecule has 0 saturated heterocycles. The van der Waals surface area contributed by atoms with E-state index >= 15 is 0 Å². The zero-order chi connectivity index (χ0) is 13.2. The summed E-state index contributed by atoms with van der Waals surface area (Å²) in [5, 5.41) is 4.05. The largest absolute Gasteiger partial charge is 0.486 e. The smallest absolute Gasteiger partial charge is 0.167 e. The first-order chi connectivity index (χ1) is 9.22. The van der Waals surface area contributed by atoms with E-state index in [1.54, 1.807) is 29.1 Å². The maximum Gasteiger partial charge on any atom is 0.167 e. The summed E-state index contributed by atoms with van der Waals surface area (Å²) in [5.74, 6) is 1.39. The van der Waals surface area contributed by atoms with Gasteiger partial charge in [0.25, 0.3) is 0 Å². The van der Waals surface area contributed by atoms with E-state index in [1.807, 2.05) is 13.2 Å². The molecule has 0 atom stereocenters. The number of rotatable bonds is 3. The van der Waals surface area contributed by atoms with Gasteiger partial charge in [-0.15, -0.1) is 0 Å². The van der Waals surface area contributed by atoms with E-state index in [0.717, 1.165) is 5.56 Å². The summed E-state index contributed by atoms with van der Waals surface area (Å²) in [5.41, 5.74) is 1.54. The molecule has 2 aromatic rings. The highest BCUT2D eigenvalue weighted by Crippen LogP contribution is 2.31. The number of Topliss-reactive ketones (excluding diaryl/α,β-unsaturated/α-hetero) is 1. The molecule has 3 rings (SSSR count). The fraction of sp³-hybridized carbons (Fsp3) is 0.286. The van der Waals surface area contributed by atoms with Crippen molar-refractivity contribution >= 4 is 5.78 Å². The number of ether oxygens (including phenoxy) is 2. The molecule has 0 radical (unpaired) electrons. The Balaban J connectivity index is 1.80. The first kappa shape index (κ1) is 11.8. The van der Waals surface area contributed by atoms with Crippen LogP contribution in [0.4, 0.5) is 0 Å². The molecule has 0 spiro atoms. The number of fused-ring (bicyclic) bond motifs is 1. The molecule has 1 aromatic heterocycles.